The molecule has 3 aromatic rings. The average molecular weight is 518 g/mol. The molecule has 7 heteroatoms. The molecule has 0 spiro atoms. The van der Waals surface area contributed by atoms with Crippen molar-refractivity contribution in [1.82, 2.24) is 4.90 Å². The van der Waals surface area contributed by atoms with Crippen molar-refractivity contribution in [2.24, 2.45) is 0 Å². The van der Waals surface area contributed by atoms with E-state index in [1.807, 2.05) is 66.7 Å². The number of nitrogens with zero attached hydrogens (tertiary/aromatic N) is 1. The molecule has 0 N–H and O–H groups in total. The number of carbonyl (C=O) groups excluding carboxylic acids is 2. The zero-order valence-electron chi connectivity index (χ0n) is 19.9. The van der Waals surface area contributed by atoms with Gasteiger partial charge in [0.15, 0.2) is 5.70 Å². The molecule has 1 fully saturated rings. The van der Waals surface area contributed by atoms with Crippen molar-refractivity contribution >= 4 is 54.1 Å². The second kappa shape index (κ2) is 9.37. The molecule has 1 atom stereocenters. The van der Waals surface area contributed by atoms with Gasteiger partial charge in [0.05, 0.1) is 16.0 Å². The van der Waals surface area contributed by atoms with Crippen LogP contribution in [-0.2, 0) is 14.0 Å². The molecule has 0 bridgehead atoms. The third kappa shape index (κ3) is 4.26. The van der Waals surface area contributed by atoms with Gasteiger partial charge in [0.25, 0.3) is 0 Å². The summed E-state index contributed by atoms with van der Waals surface area (Å²) in [5.41, 5.74) is 0.387. The number of amides is 1. The van der Waals surface area contributed by atoms with E-state index in [-0.39, 0.29) is 16.3 Å². The van der Waals surface area contributed by atoms with E-state index in [0.29, 0.717) is 12.1 Å². The van der Waals surface area contributed by atoms with E-state index in [2.05, 4.69) is 45.0 Å². The lowest BCUT2D eigenvalue weighted by atomic mass is 10.2. The summed E-state index contributed by atoms with van der Waals surface area (Å²) in [7, 11) is -3.09. The Labute approximate surface area is 215 Å². The molecule has 2 aliphatic heterocycles. The summed E-state index contributed by atoms with van der Waals surface area (Å²) in [6, 6.07) is 30.1. The summed E-state index contributed by atoms with van der Waals surface area (Å²) in [5, 5.41) is 1.68. The maximum absolute atomic E-state index is 14.1. The van der Waals surface area contributed by atoms with Gasteiger partial charge >= 0.3 is 14.3 Å². The number of carbonyl (C=O) groups is 2. The number of thioether (sulfide) groups is 2. The van der Waals surface area contributed by atoms with Crippen molar-refractivity contribution in [3.63, 3.8) is 0 Å². The Hall–Kier alpha value is -2.74. The zero-order valence-corrected chi connectivity index (χ0v) is 22.6. The van der Waals surface area contributed by atoms with Gasteiger partial charge in [-0.1, -0.05) is 123 Å². The van der Waals surface area contributed by atoms with E-state index in [1.165, 1.54) is 11.8 Å². The van der Waals surface area contributed by atoms with Gasteiger partial charge in [-0.05, 0) is 27.5 Å². The van der Waals surface area contributed by atoms with Gasteiger partial charge in [-0.25, -0.2) is 4.79 Å². The van der Waals surface area contributed by atoms with Crippen LogP contribution in [0.2, 0.25) is 5.04 Å². The van der Waals surface area contributed by atoms with Crippen LogP contribution in [-0.4, -0.2) is 30.5 Å². The van der Waals surface area contributed by atoms with Gasteiger partial charge in [0.1, 0.15) is 0 Å². The van der Waals surface area contributed by atoms with Crippen molar-refractivity contribution < 1.29 is 14.0 Å². The fourth-order valence-corrected chi connectivity index (χ4v) is 11.7. The minimum absolute atomic E-state index is 0.0273. The van der Waals surface area contributed by atoms with E-state index in [9.17, 15) is 9.59 Å². The molecule has 1 amide bonds. The molecule has 0 saturated carbocycles. The molecule has 2 aliphatic rings. The minimum atomic E-state index is -3.09. The van der Waals surface area contributed by atoms with Crippen LogP contribution in [0, 0.1) is 0 Å². The van der Waals surface area contributed by atoms with Gasteiger partial charge in [-0.3, -0.25) is 9.69 Å². The number of fused-ring (bicyclic) bond motifs is 1. The van der Waals surface area contributed by atoms with Crippen LogP contribution >= 0.6 is 23.5 Å². The minimum Gasteiger partial charge on any atom is -0.505 e. The zero-order chi connectivity index (χ0) is 24.6. The molecule has 2 heterocycles. The molecule has 0 unspecified atom stereocenters. The van der Waals surface area contributed by atoms with Crippen LogP contribution in [0.3, 0.4) is 0 Å². The third-order valence-electron chi connectivity index (χ3n) is 6.39. The molecule has 0 radical (unpaired) electrons. The summed E-state index contributed by atoms with van der Waals surface area (Å²) in [6.45, 7) is 6.42. The van der Waals surface area contributed by atoms with Crippen molar-refractivity contribution in [2.75, 3.05) is 0 Å². The Kier molecular flexibility index (Phi) is 6.42. The molecule has 0 aromatic heterocycles. The molecule has 1 saturated heterocycles. The third-order valence-corrected chi connectivity index (χ3v) is 13.8. The lowest BCUT2D eigenvalue weighted by Crippen LogP contribution is -2.67. The number of benzene rings is 3. The monoisotopic (exact) mass is 517 g/mol. The molecular formula is C28H27NO3S2Si. The SMILES string of the molecule is CC(C)(C)[Si](OC(=O)C1=C(Sc2ccccc2)S[C@@H]2CC(=O)N12)(c1ccccc1)c1ccccc1. The second-order valence-corrected chi connectivity index (χ2v) is 16.4. The predicted octanol–water partition coefficient (Wildman–Crippen LogP) is 5.36. The summed E-state index contributed by atoms with van der Waals surface area (Å²) in [6.07, 6.45) is 0.444. The standard InChI is InChI=1S/C28H27NO3S2Si/c1-28(2,3)35(21-15-9-5-10-16-21,22-17-11-6-12-18-22)32-26(31)25-27(33-20-13-7-4-8-14-20)34-24-19-23(30)29(24)25/h4-18,24H,19H2,1-3H3/t24-/m1/s1. The molecule has 0 aliphatic carbocycles. The number of hydrogen-bond acceptors (Lipinski definition) is 5. The summed E-state index contributed by atoms with van der Waals surface area (Å²) < 4.78 is 7.58. The lowest BCUT2D eigenvalue weighted by molar-refractivity contribution is -0.144. The van der Waals surface area contributed by atoms with Gasteiger partial charge < -0.3 is 4.43 Å². The fourth-order valence-electron chi connectivity index (χ4n) is 4.71. The summed E-state index contributed by atoms with van der Waals surface area (Å²) in [4.78, 5) is 29.4. The van der Waals surface area contributed by atoms with E-state index < -0.39 is 14.3 Å². The molecular weight excluding hydrogens is 491 g/mol. The van der Waals surface area contributed by atoms with E-state index in [1.54, 1.807) is 16.7 Å². The van der Waals surface area contributed by atoms with Crippen molar-refractivity contribution in [1.29, 1.82) is 0 Å². The van der Waals surface area contributed by atoms with Gasteiger partial charge in [0.2, 0.25) is 5.91 Å². The van der Waals surface area contributed by atoms with Crippen LogP contribution in [0.1, 0.15) is 27.2 Å². The molecule has 35 heavy (non-hydrogen) atoms. The van der Waals surface area contributed by atoms with E-state index in [0.717, 1.165) is 19.5 Å². The van der Waals surface area contributed by atoms with Crippen LogP contribution in [0.5, 0.6) is 0 Å². The van der Waals surface area contributed by atoms with Gasteiger partial charge in [-0.15, -0.1) is 0 Å². The van der Waals surface area contributed by atoms with Crippen LogP contribution in [0.4, 0.5) is 0 Å². The number of hydrogen-bond donors (Lipinski definition) is 0. The van der Waals surface area contributed by atoms with Crippen molar-refractivity contribution in [3.8, 4) is 0 Å². The Morgan fingerprint density at radius 1 is 0.914 bits per heavy atom. The average Bonchev–Trinajstić information content (AvgIpc) is 3.15. The first-order chi connectivity index (χ1) is 16.8. The van der Waals surface area contributed by atoms with Gasteiger partial charge in [0, 0.05) is 4.90 Å². The number of rotatable bonds is 6. The normalized spacial score (nSPS) is 17.7. The van der Waals surface area contributed by atoms with Crippen molar-refractivity contribution in [2.45, 2.75) is 42.5 Å². The molecule has 4 nitrogen and oxygen atoms in total. The van der Waals surface area contributed by atoms with Crippen LogP contribution in [0.25, 0.3) is 0 Å². The molecule has 3 aromatic carbocycles. The largest absolute Gasteiger partial charge is 0.505 e. The van der Waals surface area contributed by atoms with Crippen molar-refractivity contribution in [3.05, 3.63) is 101 Å². The quantitative estimate of drug-likeness (QED) is 0.326. The highest BCUT2D eigenvalue weighted by Gasteiger charge is 2.56. The highest BCUT2D eigenvalue weighted by Crippen LogP contribution is 2.53. The van der Waals surface area contributed by atoms with E-state index in [4.69, 9.17) is 4.43 Å². The highest BCUT2D eigenvalue weighted by atomic mass is 32.2. The first kappa shape index (κ1) is 24.0. The molecule has 5 rings (SSSR count). The maximum Gasteiger partial charge on any atom is 0.344 e. The van der Waals surface area contributed by atoms with E-state index >= 15 is 0 Å². The summed E-state index contributed by atoms with van der Waals surface area (Å²) in [5.74, 6) is -0.443. The van der Waals surface area contributed by atoms with Gasteiger partial charge in [-0.2, -0.15) is 0 Å². The second-order valence-electron chi connectivity index (χ2n) is 9.64. The Morgan fingerprint density at radius 3 is 1.91 bits per heavy atom. The molecule has 178 valence electrons. The first-order valence-corrected chi connectivity index (χ1v) is 15.2. The first-order valence-electron chi connectivity index (χ1n) is 11.6. The highest BCUT2D eigenvalue weighted by molar-refractivity contribution is 8.22. The topological polar surface area (TPSA) is 46.6 Å². The number of β-lactam (4-membered cyclic amide) rings is 1. The maximum atomic E-state index is 14.1. The fraction of sp³-hybridized carbons (Fsp3) is 0.214. The Morgan fingerprint density at radius 2 is 1.43 bits per heavy atom. The summed E-state index contributed by atoms with van der Waals surface area (Å²) >= 11 is 3.11. The lowest BCUT2D eigenvalue weighted by Gasteiger charge is -2.43. The smallest absolute Gasteiger partial charge is 0.344 e. The van der Waals surface area contributed by atoms with Crippen LogP contribution < -0.4 is 10.4 Å². The van der Waals surface area contributed by atoms with Crippen LogP contribution in [0.15, 0.2) is 106 Å². The predicted molar refractivity (Wildman–Crippen MR) is 146 cm³/mol. The Balaban J connectivity index is 1.62. The Bertz CT molecular complexity index is 1230.